The Morgan fingerprint density at radius 2 is 1.67 bits per heavy atom. The first-order valence-corrected chi connectivity index (χ1v) is 5.93. The molecule has 1 aromatic carbocycles. The van der Waals surface area contributed by atoms with Crippen molar-refractivity contribution in [2.24, 2.45) is 0 Å². The highest BCUT2D eigenvalue weighted by Gasteiger charge is 2.02. The largest absolute Gasteiger partial charge is 0.412 e. The second-order valence-electron chi connectivity index (χ2n) is 3.82. The average molecular weight is 250 g/mol. The molecule has 2 amide bonds. The molecule has 1 rings (SSSR count). The molecule has 0 saturated carbocycles. The summed E-state index contributed by atoms with van der Waals surface area (Å²) in [7, 11) is 0. The Bertz CT molecular complexity index is 379. The second kappa shape index (κ2) is 8.11. The first-order chi connectivity index (χ1) is 8.68. The van der Waals surface area contributed by atoms with E-state index < -0.39 is 6.09 Å². The molecule has 5 nitrogen and oxygen atoms in total. The van der Waals surface area contributed by atoms with E-state index in [4.69, 9.17) is 4.74 Å². The molecule has 18 heavy (non-hydrogen) atoms. The van der Waals surface area contributed by atoms with Crippen LogP contribution in [0, 0.1) is 0 Å². The average Bonchev–Trinajstić information content (AvgIpc) is 2.34. The monoisotopic (exact) mass is 250 g/mol. The topological polar surface area (TPSA) is 67.4 Å². The summed E-state index contributed by atoms with van der Waals surface area (Å²) in [5, 5.41) is 5.34. The molecule has 0 radical (unpaired) electrons. The zero-order chi connectivity index (χ0) is 13.2. The number of rotatable bonds is 6. The molecule has 0 aliphatic heterocycles. The lowest BCUT2D eigenvalue weighted by Gasteiger charge is -2.06. The van der Waals surface area contributed by atoms with E-state index in [0.29, 0.717) is 18.8 Å². The van der Waals surface area contributed by atoms with Gasteiger partial charge in [0.2, 0.25) is 5.91 Å². The third kappa shape index (κ3) is 6.52. The van der Waals surface area contributed by atoms with Gasteiger partial charge >= 0.3 is 6.09 Å². The standard InChI is InChI=1S/C13H18N2O3/c1-11(16)14-9-5-6-10-15-13(17)18-12-7-3-2-4-8-12/h2-4,7-8H,5-6,9-10H2,1H3,(H,14,16)(H,15,17). The highest BCUT2D eigenvalue weighted by atomic mass is 16.5. The molecule has 0 aliphatic carbocycles. The predicted octanol–water partition coefficient (Wildman–Crippen LogP) is 1.69. The minimum Gasteiger partial charge on any atom is -0.410 e. The summed E-state index contributed by atoms with van der Waals surface area (Å²) in [5.74, 6) is 0.486. The molecular formula is C13H18N2O3. The van der Waals surface area contributed by atoms with Crippen LogP contribution in [0.1, 0.15) is 19.8 Å². The van der Waals surface area contributed by atoms with Crippen molar-refractivity contribution in [1.82, 2.24) is 10.6 Å². The summed E-state index contributed by atoms with van der Waals surface area (Å²) in [4.78, 5) is 21.9. The quantitative estimate of drug-likeness (QED) is 0.755. The number of benzene rings is 1. The molecule has 0 saturated heterocycles. The van der Waals surface area contributed by atoms with Gasteiger partial charge in [-0.15, -0.1) is 0 Å². The summed E-state index contributed by atoms with van der Waals surface area (Å²) in [6.07, 6.45) is 1.16. The number of hydrogen-bond acceptors (Lipinski definition) is 3. The maximum atomic E-state index is 11.4. The van der Waals surface area contributed by atoms with Crippen LogP contribution >= 0.6 is 0 Å². The van der Waals surface area contributed by atoms with Crippen molar-refractivity contribution >= 4 is 12.0 Å². The fourth-order valence-corrected chi connectivity index (χ4v) is 1.34. The zero-order valence-corrected chi connectivity index (χ0v) is 10.4. The van der Waals surface area contributed by atoms with Gasteiger partial charge < -0.3 is 15.4 Å². The fraction of sp³-hybridized carbons (Fsp3) is 0.385. The van der Waals surface area contributed by atoms with E-state index in [1.165, 1.54) is 6.92 Å². The van der Waals surface area contributed by atoms with Crippen molar-refractivity contribution < 1.29 is 14.3 Å². The number of para-hydroxylation sites is 1. The molecule has 98 valence electrons. The Balaban J connectivity index is 2.05. The molecular weight excluding hydrogens is 232 g/mol. The summed E-state index contributed by atoms with van der Waals surface area (Å²) in [5.41, 5.74) is 0. The highest BCUT2D eigenvalue weighted by Crippen LogP contribution is 2.07. The van der Waals surface area contributed by atoms with Gasteiger partial charge in [-0.3, -0.25) is 4.79 Å². The van der Waals surface area contributed by atoms with E-state index in [-0.39, 0.29) is 5.91 Å². The van der Waals surface area contributed by atoms with E-state index in [2.05, 4.69) is 10.6 Å². The van der Waals surface area contributed by atoms with Crippen molar-refractivity contribution in [2.45, 2.75) is 19.8 Å². The smallest absolute Gasteiger partial charge is 0.410 e. The van der Waals surface area contributed by atoms with Crippen LogP contribution in [0.3, 0.4) is 0 Å². The number of unbranched alkanes of at least 4 members (excludes halogenated alkanes) is 1. The van der Waals surface area contributed by atoms with Crippen molar-refractivity contribution in [2.75, 3.05) is 13.1 Å². The molecule has 0 aliphatic rings. The Morgan fingerprint density at radius 1 is 1.06 bits per heavy atom. The van der Waals surface area contributed by atoms with Crippen LogP contribution in [0.4, 0.5) is 4.79 Å². The lowest BCUT2D eigenvalue weighted by Crippen LogP contribution is -2.28. The Hall–Kier alpha value is -2.04. The van der Waals surface area contributed by atoms with E-state index in [0.717, 1.165) is 12.8 Å². The van der Waals surface area contributed by atoms with Gasteiger partial charge in [-0.1, -0.05) is 18.2 Å². The lowest BCUT2D eigenvalue weighted by atomic mass is 10.3. The summed E-state index contributed by atoms with van der Waals surface area (Å²) >= 11 is 0. The van der Waals surface area contributed by atoms with Gasteiger partial charge in [0.1, 0.15) is 5.75 Å². The molecule has 2 N–H and O–H groups in total. The fourth-order valence-electron chi connectivity index (χ4n) is 1.34. The second-order valence-corrected chi connectivity index (χ2v) is 3.82. The van der Waals surface area contributed by atoms with Crippen LogP contribution in [-0.2, 0) is 4.79 Å². The van der Waals surface area contributed by atoms with Crippen molar-refractivity contribution in [3.63, 3.8) is 0 Å². The number of carbonyl (C=O) groups is 2. The van der Waals surface area contributed by atoms with Gasteiger partial charge in [0.05, 0.1) is 0 Å². The number of nitrogens with one attached hydrogen (secondary N) is 2. The molecule has 0 spiro atoms. The summed E-state index contributed by atoms with van der Waals surface area (Å²) in [6.45, 7) is 2.64. The Labute approximate surface area is 107 Å². The minimum atomic E-state index is -0.458. The molecule has 1 aromatic rings. The first-order valence-electron chi connectivity index (χ1n) is 5.93. The molecule has 0 unspecified atom stereocenters. The van der Waals surface area contributed by atoms with E-state index in [9.17, 15) is 9.59 Å². The Morgan fingerprint density at radius 3 is 2.28 bits per heavy atom. The van der Waals surface area contributed by atoms with Crippen molar-refractivity contribution in [3.8, 4) is 5.75 Å². The van der Waals surface area contributed by atoms with Gasteiger partial charge in [-0.05, 0) is 25.0 Å². The SMILES string of the molecule is CC(=O)NCCCCNC(=O)Oc1ccccc1. The maximum Gasteiger partial charge on any atom is 0.412 e. The van der Waals surface area contributed by atoms with E-state index in [1.807, 2.05) is 6.07 Å². The van der Waals surface area contributed by atoms with Crippen LogP contribution in [0.2, 0.25) is 0 Å². The van der Waals surface area contributed by atoms with Crippen LogP contribution in [0.25, 0.3) is 0 Å². The van der Waals surface area contributed by atoms with Crippen LogP contribution in [-0.4, -0.2) is 25.1 Å². The molecule has 0 heterocycles. The normalized spacial score (nSPS) is 9.61. The molecule has 0 fully saturated rings. The number of hydrogen-bond donors (Lipinski definition) is 2. The maximum absolute atomic E-state index is 11.4. The Kier molecular flexibility index (Phi) is 6.32. The third-order valence-electron chi connectivity index (χ3n) is 2.20. The van der Waals surface area contributed by atoms with E-state index in [1.54, 1.807) is 24.3 Å². The van der Waals surface area contributed by atoms with Gasteiger partial charge in [0.15, 0.2) is 0 Å². The summed E-state index contributed by atoms with van der Waals surface area (Å²) < 4.78 is 5.04. The number of amides is 2. The molecule has 0 bridgehead atoms. The van der Waals surface area contributed by atoms with Crippen LogP contribution in [0.15, 0.2) is 30.3 Å². The number of ether oxygens (including phenoxy) is 1. The lowest BCUT2D eigenvalue weighted by molar-refractivity contribution is -0.118. The third-order valence-corrected chi connectivity index (χ3v) is 2.20. The first kappa shape index (κ1) is 14.0. The van der Waals surface area contributed by atoms with Crippen LogP contribution in [0.5, 0.6) is 5.75 Å². The highest BCUT2D eigenvalue weighted by molar-refractivity contribution is 5.72. The van der Waals surface area contributed by atoms with Crippen molar-refractivity contribution in [1.29, 1.82) is 0 Å². The van der Waals surface area contributed by atoms with Crippen molar-refractivity contribution in [3.05, 3.63) is 30.3 Å². The van der Waals surface area contributed by atoms with Gasteiger partial charge in [0.25, 0.3) is 0 Å². The van der Waals surface area contributed by atoms with Gasteiger partial charge in [0, 0.05) is 20.0 Å². The van der Waals surface area contributed by atoms with Gasteiger partial charge in [-0.2, -0.15) is 0 Å². The predicted molar refractivity (Wildman–Crippen MR) is 68.4 cm³/mol. The minimum absolute atomic E-state index is 0.0357. The van der Waals surface area contributed by atoms with Gasteiger partial charge in [-0.25, -0.2) is 4.79 Å². The molecule has 0 atom stereocenters. The van der Waals surface area contributed by atoms with E-state index >= 15 is 0 Å². The molecule has 5 heteroatoms. The molecule has 0 aromatic heterocycles. The zero-order valence-electron chi connectivity index (χ0n) is 10.4. The summed E-state index contributed by atoms with van der Waals surface area (Å²) in [6, 6.07) is 8.89. The number of carbonyl (C=O) groups excluding carboxylic acids is 2. The van der Waals surface area contributed by atoms with Crippen LogP contribution < -0.4 is 15.4 Å².